The third kappa shape index (κ3) is 2.50. The normalized spacial score (nSPS) is 52.4. The number of oxime groups is 1. The zero-order valence-electron chi connectivity index (χ0n) is 16.8. The molecule has 0 radical (unpaired) electrons. The highest BCUT2D eigenvalue weighted by Gasteiger charge is 2.69. The summed E-state index contributed by atoms with van der Waals surface area (Å²) in [6.07, 6.45) is 8.56. The lowest BCUT2D eigenvalue weighted by atomic mass is 9.43. The molecule has 5 nitrogen and oxygen atoms in total. The second-order valence-corrected chi connectivity index (χ2v) is 10.4. The third-order valence-electron chi connectivity index (χ3n) is 9.32. The first kappa shape index (κ1) is 18.1. The number of fused-ring (bicyclic) bond motifs is 6. The molecule has 5 rings (SSSR count). The lowest BCUT2D eigenvalue weighted by molar-refractivity contribution is -0.145. The molecule has 1 heterocycles. The van der Waals surface area contributed by atoms with Crippen molar-refractivity contribution in [1.29, 1.82) is 0 Å². The Morgan fingerprint density at radius 2 is 2.04 bits per heavy atom. The van der Waals surface area contributed by atoms with E-state index in [1.807, 2.05) is 0 Å². The maximum atomic E-state index is 12.6. The van der Waals surface area contributed by atoms with Gasteiger partial charge in [-0.3, -0.25) is 4.79 Å². The summed E-state index contributed by atoms with van der Waals surface area (Å²) in [4.78, 5) is 18.0. The van der Waals surface area contributed by atoms with Crippen molar-refractivity contribution in [1.82, 2.24) is 0 Å². The molecule has 5 fully saturated rings. The molecular formula is C22H34N2O3. The molecule has 7 atom stereocenters. The molecule has 5 aliphatic rings. The van der Waals surface area contributed by atoms with Gasteiger partial charge in [-0.2, -0.15) is 0 Å². The SMILES string of the molecule is C[C@]12CC/C(=N\OCCN)C[C@@H]1[C@]1(CO1)C[C@@H]1[C@@H]2CC[C@]2(C)C(=O)CC[C@@H]12. The van der Waals surface area contributed by atoms with Gasteiger partial charge in [0, 0.05) is 24.3 Å². The van der Waals surface area contributed by atoms with Crippen LogP contribution in [0.4, 0.5) is 0 Å². The quantitative estimate of drug-likeness (QED) is 0.467. The van der Waals surface area contributed by atoms with Crippen molar-refractivity contribution in [3.05, 3.63) is 0 Å². The molecule has 4 saturated carbocycles. The zero-order chi connectivity index (χ0) is 18.9. The number of nitrogens with zero attached hydrogens (tertiary/aromatic N) is 1. The minimum Gasteiger partial charge on any atom is -0.395 e. The third-order valence-corrected chi connectivity index (χ3v) is 9.32. The summed E-state index contributed by atoms with van der Waals surface area (Å²) in [5, 5.41) is 4.40. The molecular weight excluding hydrogens is 340 g/mol. The van der Waals surface area contributed by atoms with E-state index in [-0.39, 0.29) is 11.0 Å². The van der Waals surface area contributed by atoms with Crippen LogP contribution >= 0.6 is 0 Å². The second-order valence-electron chi connectivity index (χ2n) is 10.4. The van der Waals surface area contributed by atoms with Crippen LogP contribution in [0.15, 0.2) is 5.16 Å². The van der Waals surface area contributed by atoms with Gasteiger partial charge in [-0.1, -0.05) is 19.0 Å². The highest BCUT2D eigenvalue weighted by atomic mass is 16.6. The van der Waals surface area contributed by atoms with Gasteiger partial charge < -0.3 is 15.3 Å². The summed E-state index contributed by atoms with van der Waals surface area (Å²) in [7, 11) is 0. The number of ether oxygens (including phenoxy) is 1. The molecule has 5 heteroatoms. The summed E-state index contributed by atoms with van der Waals surface area (Å²) in [5.41, 5.74) is 7.00. The fourth-order valence-electron chi connectivity index (χ4n) is 7.78. The number of Topliss-reactive ketones (excluding diaryl/α,β-unsaturated/α-hetero) is 1. The van der Waals surface area contributed by atoms with Crippen molar-refractivity contribution in [3.8, 4) is 0 Å². The second kappa shape index (κ2) is 6.03. The van der Waals surface area contributed by atoms with Gasteiger partial charge in [-0.25, -0.2) is 0 Å². The van der Waals surface area contributed by atoms with E-state index in [1.54, 1.807) is 0 Å². The largest absolute Gasteiger partial charge is 0.395 e. The molecule has 0 unspecified atom stereocenters. The van der Waals surface area contributed by atoms with Crippen molar-refractivity contribution in [2.24, 2.45) is 45.4 Å². The Kier molecular flexibility index (Phi) is 4.04. The predicted molar refractivity (Wildman–Crippen MR) is 103 cm³/mol. The number of carbonyl (C=O) groups excluding carboxylic acids is 1. The summed E-state index contributed by atoms with van der Waals surface area (Å²) in [5.74, 6) is 3.03. The summed E-state index contributed by atoms with van der Waals surface area (Å²) in [6.45, 7) is 6.68. The lowest BCUT2D eigenvalue weighted by Crippen LogP contribution is -2.59. The Bertz CT molecular complexity index is 672. The molecule has 0 amide bonds. The summed E-state index contributed by atoms with van der Waals surface area (Å²) >= 11 is 0. The number of hydrogen-bond donors (Lipinski definition) is 1. The fraction of sp³-hybridized carbons (Fsp3) is 0.909. The van der Waals surface area contributed by atoms with Crippen molar-refractivity contribution in [2.75, 3.05) is 19.8 Å². The Balaban J connectivity index is 1.43. The molecule has 0 aromatic heterocycles. The highest BCUT2D eigenvalue weighted by Crippen LogP contribution is 2.70. The molecule has 27 heavy (non-hydrogen) atoms. The predicted octanol–water partition coefficient (Wildman–Crippen LogP) is 3.31. The van der Waals surface area contributed by atoms with Crippen LogP contribution in [0.2, 0.25) is 0 Å². The minimum atomic E-state index is -0.0577. The molecule has 0 aromatic carbocycles. The van der Waals surface area contributed by atoms with Crippen molar-refractivity contribution >= 4 is 11.5 Å². The van der Waals surface area contributed by atoms with Crippen LogP contribution in [0.5, 0.6) is 0 Å². The van der Waals surface area contributed by atoms with Gasteiger partial charge in [0.15, 0.2) is 0 Å². The summed E-state index contributed by atoms with van der Waals surface area (Å²) in [6, 6.07) is 0. The van der Waals surface area contributed by atoms with Crippen LogP contribution in [0.25, 0.3) is 0 Å². The first-order valence-corrected chi connectivity index (χ1v) is 11.0. The van der Waals surface area contributed by atoms with E-state index in [4.69, 9.17) is 15.3 Å². The standard InChI is InChI=1S/C22H34N2O3/c1-20-7-5-14(24-27-10-9-23)11-18(20)22(13-26-22)12-15-16-3-4-19(25)21(16,2)8-6-17(15)20/h15-18H,3-13,23H2,1-2H3/b24-14+/t15-,16-,17-,18-,20+,21-,22+/m0/s1. The van der Waals surface area contributed by atoms with Gasteiger partial charge in [-0.05, 0) is 68.1 Å². The van der Waals surface area contributed by atoms with E-state index >= 15 is 0 Å². The maximum absolute atomic E-state index is 12.6. The van der Waals surface area contributed by atoms with E-state index < -0.39 is 0 Å². The molecule has 1 spiro atoms. The topological polar surface area (TPSA) is 77.2 Å². The highest BCUT2D eigenvalue weighted by molar-refractivity contribution is 5.87. The number of hydrogen-bond acceptors (Lipinski definition) is 5. The van der Waals surface area contributed by atoms with Crippen LogP contribution in [0, 0.1) is 34.5 Å². The number of ketones is 1. The van der Waals surface area contributed by atoms with E-state index in [2.05, 4.69) is 19.0 Å². The number of nitrogens with two attached hydrogens (primary N) is 1. The van der Waals surface area contributed by atoms with Crippen molar-refractivity contribution < 1.29 is 14.4 Å². The van der Waals surface area contributed by atoms with E-state index in [0.29, 0.717) is 42.1 Å². The molecule has 2 N–H and O–H groups in total. The van der Waals surface area contributed by atoms with E-state index in [0.717, 1.165) is 51.0 Å². The van der Waals surface area contributed by atoms with Gasteiger partial charge >= 0.3 is 0 Å². The lowest BCUT2D eigenvalue weighted by Gasteiger charge is -2.61. The average Bonchev–Trinajstić information content (AvgIpc) is 3.34. The van der Waals surface area contributed by atoms with Crippen molar-refractivity contribution in [2.45, 2.75) is 70.8 Å². The first-order chi connectivity index (χ1) is 12.9. The first-order valence-electron chi connectivity index (χ1n) is 11.0. The van der Waals surface area contributed by atoms with Crippen LogP contribution < -0.4 is 5.73 Å². The van der Waals surface area contributed by atoms with E-state index in [9.17, 15) is 4.79 Å². The number of epoxide rings is 1. The summed E-state index contributed by atoms with van der Waals surface area (Å²) < 4.78 is 6.20. The average molecular weight is 375 g/mol. The Labute approximate surface area is 162 Å². The Hall–Kier alpha value is -0.940. The zero-order valence-corrected chi connectivity index (χ0v) is 16.8. The smallest absolute Gasteiger partial charge is 0.139 e. The fourth-order valence-corrected chi connectivity index (χ4v) is 7.78. The van der Waals surface area contributed by atoms with Gasteiger partial charge in [0.1, 0.15) is 12.4 Å². The van der Waals surface area contributed by atoms with Gasteiger partial charge in [0.2, 0.25) is 0 Å². The van der Waals surface area contributed by atoms with Crippen LogP contribution in [0.1, 0.15) is 65.2 Å². The van der Waals surface area contributed by atoms with Gasteiger partial charge in [0.25, 0.3) is 0 Å². The molecule has 1 saturated heterocycles. The van der Waals surface area contributed by atoms with Gasteiger partial charge in [-0.15, -0.1) is 0 Å². The van der Waals surface area contributed by atoms with Crippen LogP contribution in [0.3, 0.4) is 0 Å². The molecule has 150 valence electrons. The van der Waals surface area contributed by atoms with Crippen molar-refractivity contribution in [3.63, 3.8) is 0 Å². The number of carbonyl (C=O) groups is 1. The number of rotatable bonds is 3. The Morgan fingerprint density at radius 3 is 2.78 bits per heavy atom. The Morgan fingerprint density at radius 1 is 1.22 bits per heavy atom. The van der Waals surface area contributed by atoms with Crippen LogP contribution in [-0.4, -0.2) is 36.9 Å². The van der Waals surface area contributed by atoms with Crippen LogP contribution in [-0.2, 0) is 14.4 Å². The molecule has 4 aliphatic carbocycles. The molecule has 1 aliphatic heterocycles. The maximum Gasteiger partial charge on any atom is 0.139 e. The minimum absolute atomic E-state index is 0.0366. The molecule has 0 bridgehead atoms. The van der Waals surface area contributed by atoms with Gasteiger partial charge in [0.05, 0.1) is 17.9 Å². The van der Waals surface area contributed by atoms with E-state index in [1.165, 1.54) is 18.6 Å². The monoisotopic (exact) mass is 374 g/mol. The molecule has 0 aromatic rings.